The van der Waals surface area contributed by atoms with Gasteiger partial charge in [0.2, 0.25) is 0 Å². The third-order valence-corrected chi connectivity index (χ3v) is 3.27. The van der Waals surface area contributed by atoms with E-state index >= 15 is 0 Å². The molecule has 7 nitrogen and oxygen atoms in total. The Hall–Kier alpha value is -1.15. The van der Waals surface area contributed by atoms with Crippen molar-refractivity contribution in [2.75, 3.05) is 38.2 Å². The fourth-order valence-electron chi connectivity index (χ4n) is 1.64. The molecule has 1 fully saturated rings. The normalized spacial score (nSPS) is 21.4. The number of carboxylic acid groups (broad SMARTS) is 1. The average Bonchev–Trinajstić information content (AvgIpc) is 2.27. The molecule has 1 heterocycles. The highest BCUT2D eigenvalue weighted by Crippen LogP contribution is 2.08. The van der Waals surface area contributed by atoms with Gasteiger partial charge in [0.1, 0.15) is 0 Å². The quantitative estimate of drug-likeness (QED) is 0.690. The van der Waals surface area contributed by atoms with Crippen LogP contribution < -0.4 is 5.32 Å². The molecule has 1 aliphatic heterocycles. The lowest BCUT2D eigenvalue weighted by Gasteiger charge is -2.32. The molecule has 2 unspecified atom stereocenters. The van der Waals surface area contributed by atoms with Crippen molar-refractivity contribution >= 4 is 22.8 Å². The van der Waals surface area contributed by atoms with E-state index in [1.54, 1.807) is 6.26 Å². The molecule has 104 valence electrons. The van der Waals surface area contributed by atoms with Gasteiger partial charge in [0.05, 0.1) is 19.1 Å². The van der Waals surface area contributed by atoms with Crippen molar-refractivity contribution in [2.24, 2.45) is 0 Å². The summed E-state index contributed by atoms with van der Waals surface area (Å²) in [7, 11) is -0.937. The average molecular weight is 278 g/mol. The molecule has 18 heavy (non-hydrogen) atoms. The molecule has 0 aromatic heterocycles. The molecular formula is C10H18N2O5S. The first-order valence-corrected chi connectivity index (χ1v) is 7.38. The van der Waals surface area contributed by atoms with Crippen LogP contribution in [0.5, 0.6) is 0 Å². The Morgan fingerprint density at radius 1 is 1.56 bits per heavy atom. The Balaban J connectivity index is 2.33. The molecular weight excluding hydrogens is 260 g/mol. The van der Waals surface area contributed by atoms with Crippen LogP contribution in [0.4, 0.5) is 4.79 Å². The summed E-state index contributed by atoms with van der Waals surface area (Å²) in [6.45, 7) is 1.40. The van der Waals surface area contributed by atoms with Crippen LogP contribution in [0, 0.1) is 0 Å². The minimum absolute atomic E-state index is 0.108. The fourth-order valence-corrected chi connectivity index (χ4v) is 2.03. The Kier molecular flexibility index (Phi) is 6.06. The van der Waals surface area contributed by atoms with Gasteiger partial charge < -0.3 is 20.1 Å². The van der Waals surface area contributed by atoms with E-state index in [1.807, 2.05) is 0 Å². The van der Waals surface area contributed by atoms with E-state index < -0.39 is 22.9 Å². The number of rotatable bonds is 5. The first-order chi connectivity index (χ1) is 8.49. The second-order valence-electron chi connectivity index (χ2n) is 4.05. The minimum Gasteiger partial charge on any atom is -0.481 e. The second-order valence-corrected chi connectivity index (χ2v) is 5.60. The first kappa shape index (κ1) is 14.9. The highest BCUT2D eigenvalue weighted by Gasteiger charge is 2.25. The summed E-state index contributed by atoms with van der Waals surface area (Å²) < 4.78 is 16.1. The number of hydrogen-bond donors (Lipinski definition) is 2. The number of morpholine rings is 1. The predicted molar refractivity (Wildman–Crippen MR) is 65.9 cm³/mol. The molecule has 2 atom stereocenters. The maximum atomic E-state index is 11.7. The number of ether oxygens (including phenoxy) is 1. The summed E-state index contributed by atoms with van der Waals surface area (Å²) in [5.74, 6) is -0.530. The third kappa shape index (κ3) is 5.46. The topological polar surface area (TPSA) is 95.9 Å². The third-order valence-electron chi connectivity index (χ3n) is 2.49. The number of nitrogens with one attached hydrogen (secondary N) is 1. The van der Waals surface area contributed by atoms with Crippen molar-refractivity contribution in [2.45, 2.75) is 12.5 Å². The van der Waals surface area contributed by atoms with Crippen molar-refractivity contribution in [3.8, 4) is 0 Å². The number of nitrogens with zero attached hydrogens (tertiary/aromatic N) is 1. The Labute approximate surface area is 108 Å². The highest BCUT2D eigenvalue weighted by molar-refractivity contribution is 7.84. The molecule has 0 saturated carbocycles. The molecule has 0 aromatic rings. The maximum absolute atomic E-state index is 11.7. The summed E-state index contributed by atoms with van der Waals surface area (Å²) >= 11 is 0. The minimum atomic E-state index is -0.941. The van der Waals surface area contributed by atoms with E-state index in [0.717, 1.165) is 0 Å². The van der Waals surface area contributed by atoms with Crippen molar-refractivity contribution < 1.29 is 23.6 Å². The zero-order valence-corrected chi connectivity index (χ0v) is 11.1. The van der Waals surface area contributed by atoms with E-state index in [-0.39, 0.29) is 19.0 Å². The summed E-state index contributed by atoms with van der Waals surface area (Å²) in [6, 6.07) is -0.265. The van der Waals surface area contributed by atoms with Crippen LogP contribution in [0.25, 0.3) is 0 Å². The van der Waals surface area contributed by atoms with Gasteiger partial charge in [-0.25, -0.2) is 4.79 Å². The van der Waals surface area contributed by atoms with Crippen LogP contribution in [0.2, 0.25) is 0 Å². The van der Waals surface area contributed by atoms with E-state index in [0.29, 0.717) is 25.4 Å². The summed E-state index contributed by atoms with van der Waals surface area (Å²) in [5, 5.41) is 11.3. The van der Waals surface area contributed by atoms with Crippen LogP contribution in [-0.4, -0.2) is 70.6 Å². The van der Waals surface area contributed by atoms with Gasteiger partial charge in [0, 0.05) is 42.4 Å². The van der Waals surface area contributed by atoms with Crippen LogP contribution in [-0.2, 0) is 20.3 Å². The number of hydrogen-bond acceptors (Lipinski definition) is 4. The van der Waals surface area contributed by atoms with Gasteiger partial charge in [-0.05, 0) is 0 Å². The lowest BCUT2D eigenvalue weighted by atomic mass is 10.2. The molecule has 2 amide bonds. The highest BCUT2D eigenvalue weighted by atomic mass is 32.2. The molecule has 1 saturated heterocycles. The van der Waals surface area contributed by atoms with Gasteiger partial charge in [-0.1, -0.05) is 0 Å². The predicted octanol–water partition coefficient (Wildman–Crippen LogP) is -0.750. The van der Waals surface area contributed by atoms with Gasteiger partial charge in [0.15, 0.2) is 0 Å². The van der Waals surface area contributed by atoms with Crippen molar-refractivity contribution in [1.82, 2.24) is 10.2 Å². The molecule has 1 aliphatic rings. The van der Waals surface area contributed by atoms with Gasteiger partial charge >= 0.3 is 12.0 Å². The smallest absolute Gasteiger partial charge is 0.317 e. The SMILES string of the molecule is CS(=O)CCNC(=O)N1CCOC(CC(=O)O)C1. The largest absolute Gasteiger partial charge is 0.481 e. The van der Waals surface area contributed by atoms with Gasteiger partial charge in [-0.2, -0.15) is 0 Å². The number of amides is 2. The molecule has 0 aliphatic carbocycles. The Morgan fingerprint density at radius 2 is 2.28 bits per heavy atom. The summed E-state index contributed by atoms with van der Waals surface area (Å²) in [4.78, 5) is 23.8. The number of carboxylic acids is 1. The molecule has 0 spiro atoms. The van der Waals surface area contributed by atoms with Crippen LogP contribution in [0.1, 0.15) is 6.42 Å². The van der Waals surface area contributed by atoms with E-state index in [2.05, 4.69) is 5.32 Å². The fraction of sp³-hybridized carbons (Fsp3) is 0.800. The zero-order chi connectivity index (χ0) is 13.5. The molecule has 0 aromatic carbocycles. The Morgan fingerprint density at radius 3 is 2.89 bits per heavy atom. The molecule has 1 rings (SSSR count). The van der Waals surface area contributed by atoms with Crippen molar-refractivity contribution in [3.63, 3.8) is 0 Å². The first-order valence-electron chi connectivity index (χ1n) is 5.65. The van der Waals surface area contributed by atoms with Crippen LogP contribution in [0.3, 0.4) is 0 Å². The zero-order valence-electron chi connectivity index (χ0n) is 10.3. The van der Waals surface area contributed by atoms with Gasteiger partial charge in [-0.15, -0.1) is 0 Å². The van der Waals surface area contributed by atoms with Gasteiger partial charge in [-0.3, -0.25) is 9.00 Å². The lowest BCUT2D eigenvalue weighted by Crippen LogP contribution is -2.50. The summed E-state index contributed by atoms with van der Waals surface area (Å²) in [6.07, 6.45) is 1.01. The maximum Gasteiger partial charge on any atom is 0.317 e. The standard InChI is InChI=1S/C10H18N2O5S/c1-18(16)5-2-11-10(15)12-3-4-17-8(7-12)6-9(13)14/h8H,2-7H2,1H3,(H,11,15)(H,13,14). The molecule has 0 bridgehead atoms. The van der Waals surface area contributed by atoms with Crippen LogP contribution >= 0.6 is 0 Å². The number of aliphatic carboxylic acids is 1. The van der Waals surface area contributed by atoms with Gasteiger partial charge in [0.25, 0.3) is 0 Å². The summed E-state index contributed by atoms with van der Waals surface area (Å²) in [5.41, 5.74) is 0. The lowest BCUT2D eigenvalue weighted by molar-refractivity contribution is -0.141. The number of urea groups is 1. The molecule has 2 N–H and O–H groups in total. The van der Waals surface area contributed by atoms with E-state index in [9.17, 15) is 13.8 Å². The second kappa shape index (κ2) is 7.32. The van der Waals surface area contributed by atoms with Crippen LogP contribution in [0.15, 0.2) is 0 Å². The number of carbonyl (C=O) groups is 2. The molecule has 0 radical (unpaired) electrons. The Bertz CT molecular complexity index is 336. The molecule has 8 heteroatoms. The monoisotopic (exact) mass is 278 g/mol. The van der Waals surface area contributed by atoms with E-state index in [1.165, 1.54) is 4.90 Å². The van der Waals surface area contributed by atoms with Crippen molar-refractivity contribution in [3.05, 3.63) is 0 Å². The van der Waals surface area contributed by atoms with Crippen molar-refractivity contribution in [1.29, 1.82) is 0 Å². The van der Waals surface area contributed by atoms with E-state index in [4.69, 9.17) is 9.84 Å². The number of carbonyl (C=O) groups excluding carboxylic acids is 1.